The van der Waals surface area contributed by atoms with E-state index in [1.165, 1.54) is 4.80 Å². The molecule has 0 spiro atoms. The molecule has 0 amide bonds. The van der Waals surface area contributed by atoms with Crippen LogP contribution in [0, 0.1) is 0 Å². The van der Waals surface area contributed by atoms with Gasteiger partial charge in [-0.15, -0.1) is 5.10 Å². The van der Waals surface area contributed by atoms with Gasteiger partial charge in [0.2, 0.25) is 0 Å². The molecule has 0 N–H and O–H groups in total. The Morgan fingerprint density at radius 3 is 2.30 bits per heavy atom. The summed E-state index contributed by atoms with van der Waals surface area (Å²) < 4.78 is 0.458. The molecule has 20 heavy (non-hydrogen) atoms. The van der Waals surface area contributed by atoms with Crippen LogP contribution in [0.3, 0.4) is 0 Å². The summed E-state index contributed by atoms with van der Waals surface area (Å²) >= 11 is 15.1. The zero-order valence-corrected chi connectivity index (χ0v) is 12.9. The average Bonchev–Trinajstić information content (AvgIpc) is 2.95. The summed E-state index contributed by atoms with van der Waals surface area (Å²) in [6.07, 6.45) is 1.56. The number of nitrogens with zero attached hydrogens (tertiary/aromatic N) is 5. The minimum Gasteiger partial charge on any atom is -0.213 e. The molecule has 0 radical (unpaired) electrons. The summed E-state index contributed by atoms with van der Waals surface area (Å²) in [6.45, 7) is 0. The molecule has 5 nitrogen and oxygen atoms in total. The van der Waals surface area contributed by atoms with Crippen LogP contribution in [0.25, 0.3) is 17.2 Å². The lowest BCUT2D eigenvalue weighted by atomic mass is 10.3. The first-order chi connectivity index (χ1) is 9.65. The number of para-hydroxylation sites is 1. The van der Waals surface area contributed by atoms with Crippen LogP contribution in [-0.4, -0.2) is 25.0 Å². The fourth-order valence-electron chi connectivity index (χ4n) is 1.56. The van der Waals surface area contributed by atoms with E-state index in [0.29, 0.717) is 16.0 Å². The number of hydrogen-bond donors (Lipinski definition) is 0. The highest BCUT2D eigenvalue weighted by molar-refractivity contribution is 9.10. The molecule has 2 aromatic heterocycles. The monoisotopic (exact) mass is 369 g/mol. The molecule has 0 fully saturated rings. The van der Waals surface area contributed by atoms with Gasteiger partial charge in [-0.05, 0) is 28.1 Å². The van der Waals surface area contributed by atoms with Crippen LogP contribution in [0.2, 0.25) is 10.3 Å². The molecule has 100 valence electrons. The van der Waals surface area contributed by atoms with Crippen LogP contribution in [0.15, 0.2) is 41.0 Å². The van der Waals surface area contributed by atoms with Crippen molar-refractivity contribution in [3.63, 3.8) is 0 Å². The molecule has 2 heterocycles. The first kappa shape index (κ1) is 13.5. The summed E-state index contributed by atoms with van der Waals surface area (Å²) in [6, 6.07) is 9.52. The van der Waals surface area contributed by atoms with E-state index in [1.54, 1.807) is 6.20 Å². The van der Waals surface area contributed by atoms with Crippen LogP contribution in [0.4, 0.5) is 0 Å². The molecule has 0 aliphatic rings. The van der Waals surface area contributed by atoms with Crippen LogP contribution < -0.4 is 0 Å². The lowest BCUT2D eigenvalue weighted by Gasteiger charge is -2.01. The van der Waals surface area contributed by atoms with Gasteiger partial charge in [-0.25, -0.2) is 9.97 Å². The molecule has 0 aliphatic carbocycles. The fraction of sp³-hybridized carbons (Fsp3) is 0. The van der Waals surface area contributed by atoms with Crippen molar-refractivity contribution in [3.05, 3.63) is 51.3 Å². The number of benzene rings is 1. The molecular formula is C12H6BrCl2N5. The Bertz CT molecular complexity index is 737. The van der Waals surface area contributed by atoms with Crippen molar-refractivity contribution in [2.75, 3.05) is 0 Å². The van der Waals surface area contributed by atoms with Gasteiger partial charge < -0.3 is 0 Å². The summed E-state index contributed by atoms with van der Waals surface area (Å²) in [5.41, 5.74) is 1.33. The molecule has 0 saturated heterocycles. The van der Waals surface area contributed by atoms with Crippen LogP contribution >= 0.6 is 39.1 Å². The Morgan fingerprint density at radius 2 is 1.65 bits per heavy atom. The predicted molar refractivity (Wildman–Crippen MR) is 80.1 cm³/mol. The minimum absolute atomic E-state index is 0.231. The lowest BCUT2D eigenvalue weighted by molar-refractivity contribution is 0.752. The van der Waals surface area contributed by atoms with Crippen LogP contribution in [0.5, 0.6) is 0 Å². The van der Waals surface area contributed by atoms with Crippen molar-refractivity contribution in [2.45, 2.75) is 0 Å². The van der Waals surface area contributed by atoms with Gasteiger partial charge in [-0.1, -0.05) is 41.4 Å². The van der Waals surface area contributed by atoms with Crippen molar-refractivity contribution < 1.29 is 0 Å². The fourth-order valence-corrected chi connectivity index (χ4v) is 2.12. The molecule has 0 bridgehead atoms. The number of halogens is 3. The predicted octanol–water partition coefficient (Wildman–Crippen LogP) is 3.79. The van der Waals surface area contributed by atoms with E-state index < -0.39 is 0 Å². The molecule has 1 aromatic carbocycles. The van der Waals surface area contributed by atoms with Crippen molar-refractivity contribution in [3.8, 4) is 17.2 Å². The summed E-state index contributed by atoms with van der Waals surface area (Å²) in [7, 11) is 0. The Morgan fingerprint density at radius 1 is 1.00 bits per heavy atom. The minimum atomic E-state index is 0.231. The maximum atomic E-state index is 5.96. The largest absolute Gasteiger partial charge is 0.213 e. The van der Waals surface area contributed by atoms with Gasteiger partial charge in [0.05, 0.1) is 16.4 Å². The van der Waals surface area contributed by atoms with E-state index in [4.69, 9.17) is 23.2 Å². The smallest absolute Gasteiger partial charge is 0.184 e. The van der Waals surface area contributed by atoms with E-state index in [1.807, 2.05) is 30.3 Å². The van der Waals surface area contributed by atoms with Gasteiger partial charge in [0, 0.05) is 0 Å². The third-order valence-corrected chi connectivity index (χ3v) is 4.23. The Kier molecular flexibility index (Phi) is 3.69. The molecule has 0 atom stereocenters. The summed E-state index contributed by atoms with van der Waals surface area (Å²) in [5.74, 6) is 0.324. The van der Waals surface area contributed by atoms with Crippen molar-refractivity contribution in [2.24, 2.45) is 0 Å². The second-order valence-corrected chi connectivity index (χ2v) is 5.31. The molecule has 3 rings (SSSR count). The average molecular weight is 371 g/mol. The first-order valence-corrected chi connectivity index (χ1v) is 7.07. The number of aromatic nitrogens is 5. The van der Waals surface area contributed by atoms with Gasteiger partial charge in [-0.3, -0.25) is 0 Å². The van der Waals surface area contributed by atoms with Crippen molar-refractivity contribution in [1.29, 1.82) is 0 Å². The van der Waals surface area contributed by atoms with E-state index in [2.05, 4.69) is 36.1 Å². The second-order valence-electron chi connectivity index (χ2n) is 3.80. The molecule has 8 heteroatoms. The molecule has 0 unspecified atom stereocenters. The molecule has 0 saturated carbocycles. The van der Waals surface area contributed by atoms with E-state index in [-0.39, 0.29) is 10.3 Å². The van der Waals surface area contributed by atoms with Gasteiger partial charge in [-0.2, -0.15) is 9.90 Å². The topological polar surface area (TPSA) is 56.5 Å². The van der Waals surface area contributed by atoms with Crippen molar-refractivity contribution in [1.82, 2.24) is 25.0 Å². The highest BCUT2D eigenvalue weighted by atomic mass is 79.9. The SMILES string of the molecule is Clc1nc(-c2cnn(-c3ccccc3)n2)nc(Cl)c1Br. The van der Waals surface area contributed by atoms with E-state index in [9.17, 15) is 0 Å². The van der Waals surface area contributed by atoms with Gasteiger partial charge in [0.15, 0.2) is 11.5 Å². The van der Waals surface area contributed by atoms with E-state index >= 15 is 0 Å². The normalized spacial score (nSPS) is 10.8. The third-order valence-electron chi connectivity index (χ3n) is 2.48. The number of rotatable bonds is 2. The zero-order valence-electron chi connectivity index (χ0n) is 9.83. The van der Waals surface area contributed by atoms with Crippen molar-refractivity contribution >= 4 is 39.1 Å². The Balaban J connectivity index is 2.03. The molecule has 3 aromatic rings. The molecular weight excluding hydrogens is 365 g/mol. The summed E-state index contributed by atoms with van der Waals surface area (Å²) in [4.78, 5) is 9.72. The summed E-state index contributed by atoms with van der Waals surface area (Å²) in [5, 5.41) is 8.94. The lowest BCUT2D eigenvalue weighted by Crippen LogP contribution is -1.99. The van der Waals surface area contributed by atoms with Crippen LogP contribution in [0.1, 0.15) is 0 Å². The van der Waals surface area contributed by atoms with Gasteiger partial charge >= 0.3 is 0 Å². The van der Waals surface area contributed by atoms with Crippen LogP contribution in [-0.2, 0) is 0 Å². The third kappa shape index (κ3) is 2.54. The maximum Gasteiger partial charge on any atom is 0.184 e. The van der Waals surface area contributed by atoms with Gasteiger partial charge in [0.25, 0.3) is 0 Å². The first-order valence-electron chi connectivity index (χ1n) is 5.52. The quantitative estimate of drug-likeness (QED) is 0.644. The van der Waals surface area contributed by atoms with E-state index in [0.717, 1.165) is 5.69 Å². The number of hydrogen-bond acceptors (Lipinski definition) is 4. The highest BCUT2D eigenvalue weighted by Gasteiger charge is 2.13. The Labute approximate surface area is 132 Å². The molecule has 0 aliphatic heterocycles. The second kappa shape index (κ2) is 5.47. The Hall–Kier alpha value is -1.50. The van der Waals surface area contributed by atoms with Gasteiger partial charge in [0.1, 0.15) is 10.3 Å². The maximum absolute atomic E-state index is 5.96. The zero-order chi connectivity index (χ0) is 14.1. The standard InChI is InChI=1S/C12H6BrCl2N5/c13-9-10(14)17-12(18-11(9)15)8-6-16-20(19-8)7-4-2-1-3-5-7/h1-6H. The highest BCUT2D eigenvalue weighted by Crippen LogP contribution is 2.29.